The minimum absolute atomic E-state index is 0.154. The smallest absolute Gasteiger partial charge is 0.248 e. The largest absolute Gasteiger partial charge is 0.360 e. The van der Waals surface area contributed by atoms with Gasteiger partial charge in [0.2, 0.25) is 17.7 Å². The van der Waals surface area contributed by atoms with Crippen molar-refractivity contribution in [2.24, 2.45) is 0 Å². The Bertz CT molecular complexity index is 1250. The molecule has 0 fully saturated rings. The lowest BCUT2D eigenvalue weighted by atomic mass is 10.00. The molecule has 1 aromatic heterocycles. The number of nitrogens with zero attached hydrogens (tertiary/aromatic N) is 2. The molecule has 0 radical (unpaired) electrons. The first-order chi connectivity index (χ1) is 16.9. The van der Waals surface area contributed by atoms with E-state index < -0.39 is 35.1 Å². The molecule has 0 saturated heterocycles. The van der Waals surface area contributed by atoms with Crippen LogP contribution in [0.5, 0.6) is 0 Å². The Balaban J connectivity index is 1.97. The molecule has 3 rings (SSSR count). The van der Waals surface area contributed by atoms with Gasteiger partial charge in [-0.2, -0.15) is 0 Å². The summed E-state index contributed by atoms with van der Waals surface area (Å²) in [5.41, 5.74) is -0.106. The number of halogens is 2. The molecule has 0 saturated carbocycles. The molecule has 0 spiro atoms. The van der Waals surface area contributed by atoms with Crippen LogP contribution < -0.4 is 15.5 Å². The molecule has 2 aromatic carbocycles. The SMILES string of the molecule is Cc1cc(NC(=O)CCC(=O)N(c2cccc(F)c2)C(C(=O)NC(C)(C)C)c2ccccc2Cl)no1. The van der Waals surface area contributed by atoms with E-state index in [1.54, 1.807) is 58.0 Å². The van der Waals surface area contributed by atoms with E-state index in [0.29, 0.717) is 11.3 Å². The van der Waals surface area contributed by atoms with Crippen LogP contribution in [-0.2, 0) is 14.4 Å². The van der Waals surface area contributed by atoms with Crippen molar-refractivity contribution in [3.05, 3.63) is 76.8 Å². The summed E-state index contributed by atoms with van der Waals surface area (Å²) in [5, 5.41) is 9.40. The van der Waals surface area contributed by atoms with E-state index in [9.17, 15) is 18.8 Å². The third kappa shape index (κ3) is 7.14. The summed E-state index contributed by atoms with van der Waals surface area (Å²) in [6, 6.07) is 12.3. The highest BCUT2D eigenvalue weighted by molar-refractivity contribution is 6.31. The van der Waals surface area contributed by atoms with Crippen molar-refractivity contribution >= 4 is 40.8 Å². The molecular formula is C26H28ClFN4O4. The summed E-state index contributed by atoms with van der Waals surface area (Å²) in [6.07, 6.45) is -0.463. The standard InChI is InChI=1S/C26H28ClFN4O4/c1-16-14-21(31-36-16)29-22(33)12-13-23(34)32(18-9-7-8-17(28)15-18)24(25(35)30-26(2,3)4)19-10-5-6-11-20(19)27/h5-11,14-15,24H,12-13H2,1-4H3,(H,30,35)(H,29,31,33). The van der Waals surface area contributed by atoms with Crippen LogP contribution in [0.3, 0.4) is 0 Å². The lowest BCUT2D eigenvalue weighted by molar-refractivity contribution is -0.128. The van der Waals surface area contributed by atoms with E-state index in [2.05, 4.69) is 15.8 Å². The molecule has 3 amide bonds. The fraction of sp³-hybridized carbons (Fsp3) is 0.308. The maximum atomic E-state index is 14.2. The molecule has 0 aliphatic rings. The van der Waals surface area contributed by atoms with E-state index in [1.807, 2.05) is 0 Å². The van der Waals surface area contributed by atoms with Crippen LogP contribution in [0.25, 0.3) is 0 Å². The highest BCUT2D eigenvalue weighted by Crippen LogP contribution is 2.33. The molecule has 1 heterocycles. The van der Waals surface area contributed by atoms with Gasteiger partial charge in [-0.15, -0.1) is 0 Å². The highest BCUT2D eigenvalue weighted by Gasteiger charge is 2.35. The van der Waals surface area contributed by atoms with E-state index in [4.69, 9.17) is 16.1 Å². The van der Waals surface area contributed by atoms with Gasteiger partial charge in [-0.1, -0.05) is 41.0 Å². The predicted octanol–water partition coefficient (Wildman–Crippen LogP) is 5.18. The highest BCUT2D eigenvalue weighted by atomic mass is 35.5. The third-order valence-electron chi connectivity index (χ3n) is 5.02. The number of hydrogen-bond donors (Lipinski definition) is 2. The molecule has 0 bridgehead atoms. The zero-order valence-electron chi connectivity index (χ0n) is 20.5. The fourth-order valence-electron chi connectivity index (χ4n) is 3.57. The molecule has 1 atom stereocenters. The average Bonchev–Trinajstić information content (AvgIpc) is 3.19. The minimum Gasteiger partial charge on any atom is -0.360 e. The van der Waals surface area contributed by atoms with Crippen LogP contribution in [0.2, 0.25) is 5.02 Å². The first-order valence-electron chi connectivity index (χ1n) is 11.3. The van der Waals surface area contributed by atoms with Crippen LogP contribution in [0, 0.1) is 12.7 Å². The minimum atomic E-state index is -1.21. The molecule has 8 nitrogen and oxygen atoms in total. The summed E-state index contributed by atoms with van der Waals surface area (Å²) in [7, 11) is 0. The van der Waals surface area contributed by atoms with Gasteiger partial charge in [0.25, 0.3) is 0 Å². The van der Waals surface area contributed by atoms with Gasteiger partial charge >= 0.3 is 0 Å². The van der Waals surface area contributed by atoms with Crippen molar-refractivity contribution < 1.29 is 23.3 Å². The van der Waals surface area contributed by atoms with Gasteiger partial charge in [0.05, 0.1) is 0 Å². The van der Waals surface area contributed by atoms with Gasteiger partial charge in [0.15, 0.2) is 5.82 Å². The molecule has 3 aromatic rings. The van der Waals surface area contributed by atoms with E-state index >= 15 is 0 Å². The van der Waals surface area contributed by atoms with Crippen LogP contribution >= 0.6 is 11.6 Å². The average molecular weight is 515 g/mol. The molecule has 0 aliphatic carbocycles. The molecule has 2 N–H and O–H groups in total. The van der Waals surface area contributed by atoms with Crippen molar-refractivity contribution in [3.8, 4) is 0 Å². The number of benzene rings is 2. The van der Waals surface area contributed by atoms with Gasteiger partial charge in [0, 0.05) is 40.7 Å². The van der Waals surface area contributed by atoms with Crippen LogP contribution in [0.1, 0.15) is 51.0 Å². The van der Waals surface area contributed by atoms with Crippen LogP contribution in [0.15, 0.2) is 59.1 Å². The Morgan fingerprint density at radius 2 is 1.81 bits per heavy atom. The molecule has 10 heteroatoms. The summed E-state index contributed by atoms with van der Waals surface area (Å²) >= 11 is 6.45. The monoisotopic (exact) mass is 514 g/mol. The molecule has 1 unspecified atom stereocenters. The summed E-state index contributed by atoms with van der Waals surface area (Å²) in [4.78, 5) is 40.7. The predicted molar refractivity (Wildman–Crippen MR) is 135 cm³/mol. The van der Waals surface area contributed by atoms with Gasteiger partial charge in [-0.25, -0.2) is 4.39 Å². The number of carbonyl (C=O) groups excluding carboxylic acids is 3. The summed E-state index contributed by atoms with van der Waals surface area (Å²) in [5.74, 6) is -1.38. The number of aromatic nitrogens is 1. The van der Waals surface area contributed by atoms with E-state index in [-0.39, 0.29) is 29.4 Å². The second-order valence-electron chi connectivity index (χ2n) is 9.28. The van der Waals surface area contributed by atoms with Gasteiger partial charge < -0.3 is 15.2 Å². The molecule has 0 aliphatic heterocycles. The van der Waals surface area contributed by atoms with E-state index in [0.717, 1.165) is 6.07 Å². The Morgan fingerprint density at radius 3 is 2.42 bits per heavy atom. The Morgan fingerprint density at radius 1 is 1.08 bits per heavy atom. The molecule has 36 heavy (non-hydrogen) atoms. The normalized spacial score (nSPS) is 12.1. The van der Waals surface area contributed by atoms with Crippen LogP contribution in [0.4, 0.5) is 15.9 Å². The zero-order valence-corrected chi connectivity index (χ0v) is 21.2. The number of amides is 3. The summed E-state index contributed by atoms with van der Waals surface area (Å²) in [6.45, 7) is 7.09. The van der Waals surface area contributed by atoms with Crippen LogP contribution in [-0.4, -0.2) is 28.4 Å². The van der Waals surface area contributed by atoms with Crippen molar-refractivity contribution in [2.75, 3.05) is 10.2 Å². The zero-order chi connectivity index (χ0) is 26.5. The van der Waals surface area contributed by atoms with Gasteiger partial charge in [-0.3, -0.25) is 19.3 Å². The fourth-order valence-corrected chi connectivity index (χ4v) is 3.81. The lowest BCUT2D eigenvalue weighted by Gasteiger charge is -2.34. The second-order valence-corrected chi connectivity index (χ2v) is 9.69. The number of aryl methyl sites for hydroxylation is 1. The number of rotatable bonds is 8. The Labute approximate surface area is 213 Å². The van der Waals surface area contributed by atoms with Crippen molar-refractivity contribution in [2.45, 2.75) is 52.1 Å². The van der Waals surface area contributed by atoms with Gasteiger partial charge in [0.1, 0.15) is 17.6 Å². The number of anilines is 2. The quantitative estimate of drug-likeness (QED) is 0.431. The molecular weight excluding hydrogens is 487 g/mol. The molecule has 190 valence electrons. The van der Waals surface area contributed by atoms with E-state index in [1.165, 1.54) is 23.1 Å². The van der Waals surface area contributed by atoms with Crippen molar-refractivity contribution in [1.82, 2.24) is 10.5 Å². The first-order valence-corrected chi connectivity index (χ1v) is 11.7. The maximum absolute atomic E-state index is 14.2. The number of hydrogen-bond acceptors (Lipinski definition) is 5. The number of nitrogens with one attached hydrogen (secondary N) is 2. The van der Waals surface area contributed by atoms with Gasteiger partial charge in [-0.05, 0) is 52.0 Å². The maximum Gasteiger partial charge on any atom is 0.248 e. The second kappa shape index (κ2) is 11.3. The summed E-state index contributed by atoms with van der Waals surface area (Å²) < 4.78 is 19.1. The lowest BCUT2D eigenvalue weighted by Crippen LogP contribution is -2.49. The Hall–Kier alpha value is -3.72. The Kier molecular flexibility index (Phi) is 8.47. The first kappa shape index (κ1) is 26.9. The van der Waals surface area contributed by atoms with Crippen molar-refractivity contribution in [1.29, 1.82) is 0 Å². The van der Waals surface area contributed by atoms with Crippen molar-refractivity contribution in [3.63, 3.8) is 0 Å². The topological polar surface area (TPSA) is 105 Å². The number of carbonyl (C=O) groups is 3. The third-order valence-corrected chi connectivity index (χ3v) is 5.37.